The topological polar surface area (TPSA) is 58.2 Å². The molecule has 0 bridgehead atoms. The van der Waals surface area contributed by atoms with Gasteiger partial charge < -0.3 is 10.6 Å². The van der Waals surface area contributed by atoms with Gasteiger partial charge >= 0.3 is 0 Å². The second kappa shape index (κ2) is 7.73. The van der Waals surface area contributed by atoms with Crippen molar-refractivity contribution in [2.24, 2.45) is 0 Å². The number of aryl methyl sites for hydroxylation is 2. The number of rotatable bonds is 4. The molecule has 2 aromatic carbocycles. The van der Waals surface area contributed by atoms with Gasteiger partial charge in [-0.15, -0.1) is 0 Å². The van der Waals surface area contributed by atoms with Crippen LogP contribution in [0.2, 0.25) is 0 Å². The lowest BCUT2D eigenvalue weighted by atomic mass is 9.80. The van der Waals surface area contributed by atoms with Crippen molar-refractivity contribution < 1.29 is 9.59 Å². The molecule has 1 aliphatic rings. The molecule has 2 amide bonds. The van der Waals surface area contributed by atoms with E-state index >= 15 is 0 Å². The Bertz CT molecular complexity index is 773. The first-order chi connectivity index (χ1) is 12.5. The Hall–Kier alpha value is -2.62. The summed E-state index contributed by atoms with van der Waals surface area (Å²) in [6, 6.07) is 15.0. The second-order valence-electron chi connectivity index (χ2n) is 7.18. The predicted octanol–water partition coefficient (Wildman–Crippen LogP) is 4.37. The zero-order chi connectivity index (χ0) is 18.6. The number of amides is 2. The standard InChI is InChI=1S/C22H26N2O2/c1-16-10-9-11-17(2)19(16)23-21(26)22(14-7-4-8-15-22)24-20(25)18-12-5-3-6-13-18/h3,5-6,9-13H,4,7-8,14-15H2,1-2H3,(H,23,26)(H,24,25). The molecule has 0 saturated heterocycles. The summed E-state index contributed by atoms with van der Waals surface area (Å²) in [5.74, 6) is -0.303. The van der Waals surface area contributed by atoms with Crippen LogP contribution in [-0.4, -0.2) is 17.4 Å². The summed E-state index contributed by atoms with van der Waals surface area (Å²) in [4.78, 5) is 26.0. The van der Waals surface area contributed by atoms with Crippen LogP contribution in [0.4, 0.5) is 5.69 Å². The number of benzene rings is 2. The van der Waals surface area contributed by atoms with Crippen LogP contribution in [0, 0.1) is 13.8 Å². The van der Waals surface area contributed by atoms with Gasteiger partial charge in [-0.05, 0) is 49.9 Å². The van der Waals surface area contributed by atoms with Gasteiger partial charge in [0.25, 0.3) is 5.91 Å². The van der Waals surface area contributed by atoms with E-state index in [-0.39, 0.29) is 11.8 Å². The highest BCUT2D eigenvalue weighted by molar-refractivity contribution is 6.04. The molecule has 1 saturated carbocycles. The molecule has 4 nitrogen and oxygen atoms in total. The van der Waals surface area contributed by atoms with E-state index in [1.807, 2.05) is 50.2 Å². The Balaban J connectivity index is 1.85. The molecule has 0 aromatic heterocycles. The van der Waals surface area contributed by atoms with E-state index in [1.165, 1.54) is 0 Å². The lowest BCUT2D eigenvalue weighted by Crippen LogP contribution is -2.57. The highest BCUT2D eigenvalue weighted by Crippen LogP contribution is 2.31. The van der Waals surface area contributed by atoms with E-state index in [9.17, 15) is 9.59 Å². The average molecular weight is 350 g/mol. The first-order valence-electron chi connectivity index (χ1n) is 9.27. The van der Waals surface area contributed by atoms with Gasteiger partial charge in [0, 0.05) is 11.3 Å². The SMILES string of the molecule is Cc1cccc(C)c1NC(=O)C1(NC(=O)c2ccccc2)CCCCC1. The molecule has 0 heterocycles. The fraction of sp³-hybridized carbons (Fsp3) is 0.364. The van der Waals surface area contributed by atoms with Gasteiger partial charge in [-0.1, -0.05) is 55.7 Å². The van der Waals surface area contributed by atoms with Crippen LogP contribution < -0.4 is 10.6 Å². The minimum atomic E-state index is -0.847. The Labute approximate surface area is 155 Å². The van der Waals surface area contributed by atoms with Crippen LogP contribution in [0.3, 0.4) is 0 Å². The van der Waals surface area contributed by atoms with Gasteiger partial charge in [0.2, 0.25) is 5.91 Å². The molecule has 0 spiro atoms. The Morgan fingerprint density at radius 2 is 1.46 bits per heavy atom. The number of carbonyl (C=O) groups excluding carboxylic acids is 2. The number of hydrogen-bond donors (Lipinski definition) is 2. The molecule has 3 rings (SSSR count). The molecular weight excluding hydrogens is 324 g/mol. The predicted molar refractivity (Wildman–Crippen MR) is 104 cm³/mol. The van der Waals surface area contributed by atoms with Crippen molar-refractivity contribution in [1.29, 1.82) is 0 Å². The van der Waals surface area contributed by atoms with Crippen LogP contribution in [0.1, 0.15) is 53.6 Å². The van der Waals surface area contributed by atoms with Gasteiger partial charge in [0.15, 0.2) is 0 Å². The molecule has 2 N–H and O–H groups in total. The van der Waals surface area contributed by atoms with Gasteiger partial charge in [0.05, 0.1) is 0 Å². The first-order valence-corrected chi connectivity index (χ1v) is 9.27. The molecule has 26 heavy (non-hydrogen) atoms. The third-order valence-electron chi connectivity index (χ3n) is 5.25. The highest BCUT2D eigenvalue weighted by Gasteiger charge is 2.41. The smallest absolute Gasteiger partial charge is 0.252 e. The van der Waals surface area contributed by atoms with Crippen molar-refractivity contribution in [2.45, 2.75) is 51.5 Å². The maximum atomic E-state index is 13.2. The number of hydrogen-bond acceptors (Lipinski definition) is 2. The molecular formula is C22H26N2O2. The first kappa shape index (κ1) is 18.2. The van der Waals surface area contributed by atoms with Crippen molar-refractivity contribution in [3.05, 3.63) is 65.2 Å². The van der Waals surface area contributed by atoms with E-state index in [0.717, 1.165) is 36.1 Å². The summed E-state index contributed by atoms with van der Waals surface area (Å²) < 4.78 is 0. The van der Waals surface area contributed by atoms with Crippen molar-refractivity contribution in [1.82, 2.24) is 5.32 Å². The largest absolute Gasteiger partial charge is 0.338 e. The number of nitrogens with one attached hydrogen (secondary N) is 2. The van der Waals surface area contributed by atoms with Crippen molar-refractivity contribution in [3.8, 4) is 0 Å². The van der Waals surface area contributed by atoms with Crippen LogP contribution in [0.15, 0.2) is 48.5 Å². The normalized spacial score (nSPS) is 15.9. The molecule has 0 aliphatic heterocycles. The van der Waals surface area contributed by atoms with Crippen molar-refractivity contribution in [2.75, 3.05) is 5.32 Å². The lowest BCUT2D eigenvalue weighted by Gasteiger charge is -2.37. The molecule has 136 valence electrons. The monoisotopic (exact) mass is 350 g/mol. The lowest BCUT2D eigenvalue weighted by molar-refractivity contribution is -0.123. The fourth-order valence-corrected chi connectivity index (χ4v) is 3.69. The van der Waals surface area contributed by atoms with Crippen molar-refractivity contribution >= 4 is 17.5 Å². The fourth-order valence-electron chi connectivity index (χ4n) is 3.69. The summed E-state index contributed by atoms with van der Waals surface area (Å²) in [6.45, 7) is 3.97. The Kier molecular flexibility index (Phi) is 5.40. The molecule has 0 unspecified atom stereocenters. The summed E-state index contributed by atoms with van der Waals surface area (Å²) in [7, 11) is 0. The quantitative estimate of drug-likeness (QED) is 0.860. The maximum absolute atomic E-state index is 13.2. The van der Waals surface area contributed by atoms with E-state index in [1.54, 1.807) is 12.1 Å². The molecule has 0 atom stereocenters. The van der Waals surface area contributed by atoms with E-state index in [0.29, 0.717) is 18.4 Å². The summed E-state index contributed by atoms with van der Waals surface area (Å²) in [5.41, 5.74) is 2.63. The number of carbonyl (C=O) groups is 2. The number of anilines is 1. The molecule has 2 aromatic rings. The van der Waals surface area contributed by atoms with Crippen LogP contribution in [0.5, 0.6) is 0 Å². The van der Waals surface area contributed by atoms with E-state index < -0.39 is 5.54 Å². The zero-order valence-corrected chi connectivity index (χ0v) is 15.5. The van der Waals surface area contributed by atoms with Gasteiger partial charge in [-0.3, -0.25) is 9.59 Å². The minimum absolute atomic E-state index is 0.112. The average Bonchev–Trinajstić information content (AvgIpc) is 2.66. The van der Waals surface area contributed by atoms with Gasteiger partial charge in [-0.2, -0.15) is 0 Å². The molecule has 1 aliphatic carbocycles. The van der Waals surface area contributed by atoms with Gasteiger partial charge in [-0.25, -0.2) is 0 Å². The molecule has 1 fully saturated rings. The minimum Gasteiger partial charge on any atom is -0.338 e. The second-order valence-corrected chi connectivity index (χ2v) is 7.18. The summed E-state index contributed by atoms with van der Waals surface area (Å²) >= 11 is 0. The Morgan fingerprint density at radius 1 is 0.846 bits per heavy atom. The summed E-state index contributed by atoms with van der Waals surface area (Å²) in [5, 5.41) is 6.15. The van der Waals surface area contributed by atoms with Crippen molar-refractivity contribution in [3.63, 3.8) is 0 Å². The van der Waals surface area contributed by atoms with Gasteiger partial charge in [0.1, 0.15) is 5.54 Å². The molecule has 4 heteroatoms. The highest BCUT2D eigenvalue weighted by atomic mass is 16.2. The third kappa shape index (κ3) is 3.79. The molecule has 0 radical (unpaired) electrons. The zero-order valence-electron chi connectivity index (χ0n) is 15.5. The van der Waals surface area contributed by atoms with E-state index in [4.69, 9.17) is 0 Å². The number of para-hydroxylation sites is 1. The Morgan fingerprint density at radius 3 is 2.08 bits per heavy atom. The van der Waals surface area contributed by atoms with Crippen LogP contribution >= 0.6 is 0 Å². The van der Waals surface area contributed by atoms with Crippen LogP contribution in [-0.2, 0) is 4.79 Å². The van der Waals surface area contributed by atoms with Crippen LogP contribution in [0.25, 0.3) is 0 Å². The van der Waals surface area contributed by atoms with E-state index in [2.05, 4.69) is 10.6 Å². The third-order valence-corrected chi connectivity index (χ3v) is 5.25. The maximum Gasteiger partial charge on any atom is 0.252 e. The summed E-state index contributed by atoms with van der Waals surface area (Å²) in [6.07, 6.45) is 4.31.